The number of nitrogens with one attached hydrogen (secondary N) is 1. The van der Waals surface area contributed by atoms with Crippen molar-refractivity contribution in [2.75, 3.05) is 5.32 Å². The van der Waals surface area contributed by atoms with Gasteiger partial charge in [0.1, 0.15) is 18.0 Å². The van der Waals surface area contributed by atoms with Crippen LogP contribution in [0.1, 0.15) is 37.5 Å². The molecule has 162 valence electrons. The Labute approximate surface area is 189 Å². The Hall–Kier alpha value is -2.98. The number of rotatable bonds is 5. The predicted molar refractivity (Wildman–Crippen MR) is 127 cm³/mol. The van der Waals surface area contributed by atoms with E-state index in [0.29, 0.717) is 23.1 Å². The zero-order valence-electron chi connectivity index (χ0n) is 18.6. The fourth-order valence-electron chi connectivity index (χ4n) is 3.35. The first-order valence-electron chi connectivity index (χ1n) is 10.2. The van der Waals surface area contributed by atoms with Gasteiger partial charge in [0.05, 0.1) is 10.7 Å². The van der Waals surface area contributed by atoms with Crippen LogP contribution in [0.2, 0.25) is 5.02 Å². The first kappa shape index (κ1) is 22.7. The summed E-state index contributed by atoms with van der Waals surface area (Å²) >= 11 is 6.32. The summed E-state index contributed by atoms with van der Waals surface area (Å²) in [7, 11) is 0. The molecule has 0 aliphatic rings. The Balaban J connectivity index is 1.68. The standard InChI is InChI=1S/C26H28ClNO3/c1-17-8-6-9-18(2)24(17)20-11-7-10-19(14-20)16-30-21-12-13-23(22(27)15-21)28-25(29)31-26(3,4)5/h6-15H,16H2,1-5H3,(H,28,29). The van der Waals surface area contributed by atoms with E-state index in [1.54, 1.807) is 39.0 Å². The van der Waals surface area contributed by atoms with Crippen LogP contribution in [0.15, 0.2) is 60.7 Å². The van der Waals surface area contributed by atoms with E-state index in [1.807, 2.05) is 12.1 Å². The molecule has 3 aromatic rings. The predicted octanol–water partition coefficient (Wildman–Crippen LogP) is 7.55. The van der Waals surface area contributed by atoms with Gasteiger partial charge in [-0.05, 0) is 80.6 Å². The molecule has 0 saturated heterocycles. The first-order chi connectivity index (χ1) is 14.6. The smallest absolute Gasteiger partial charge is 0.412 e. The van der Waals surface area contributed by atoms with Gasteiger partial charge >= 0.3 is 6.09 Å². The number of ether oxygens (including phenoxy) is 2. The summed E-state index contributed by atoms with van der Waals surface area (Å²) < 4.78 is 11.2. The highest BCUT2D eigenvalue weighted by Gasteiger charge is 2.17. The number of carbonyl (C=O) groups is 1. The van der Waals surface area contributed by atoms with E-state index in [9.17, 15) is 4.79 Å². The van der Waals surface area contributed by atoms with E-state index < -0.39 is 11.7 Å². The average Bonchev–Trinajstić information content (AvgIpc) is 2.67. The fraction of sp³-hybridized carbons (Fsp3) is 0.269. The fourth-order valence-corrected chi connectivity index (χ4v) is 3.57. The van der Waals surface area contributed by atoms with E-state index in [4.69, 9.17) is 21.1 Å². The molecule has 0 saturated carbocycles. The van der Waals surface area contributed by atoms with Crippen molar-refractivity contribution < 1.29 is 14.3 Å². The second-order valence-electron chi connectivity index (χ2n) is 8.52. The van der Waals surface area contributed by atoms with E-state index in [1.165, 1.54) is 22.3 Å². The summed E-state index contributed by atoms with van der Waals surface area (Å²) in [5.41, 5.74) is 5.88. The van der Waals surface area contributed by atoms with Gasteiger partial charge in [0.15, 0.2) is 0 Å². The molecule has 0 radical (unpaired) electrons. The lowest BCUT2D eigenvalue weighted by Gasteiger charge is -2.20. The van der Waals surface area contributed by atoms with Crippen LogP contribution in [0.3, 0.4) is 0 Å². The Morgan fingerprint density at radius 3 is 2.29 bits per heavy atom. The van der Waals surface area contributed by atoms with Crippen LogP contribution in [0.4, 0.5) is 10.5 Å². The Bertz CT molecular complexity index is 1070. The molecular formula is C26H28ClNO3. The van der Waals surface area contributed by atoms with Crippen molar-refractivity contribution >= 4 is 23.4 Å². The number of amides is 1. The van der Waals surface area contributed by atoms with Crippen LogP contribution in [0.5, 0.6) is 5.75 Å². The highest BCUT2D eigenvalue weighted by atomic mass is 35.5. The minimum atomic E-state index is -0.578. The molecule has 1 N–H and O–H groups in total. The number of anilines is 1. The number of hydrogen-bond donors (Lipinski definition) is 1. The van der Waals surface area contributed by atoms with Crippen molar-refractivity contribution in [1.82, 2.24) is 0 Å². The van der Waals surface area contributed by atoms with Gasteiger partial charge in [0, 0.05) is 6.07 Å². The number of halogens is 1. The maximum atomic E-state index is 11.9. The van der Waals surface area contributed by atoms with Crippen LogP contribution in [0.25, 0.3) is 11.1 Å². The van der Waals surface area contributed by atoms with Crippen molar-refractivity contribution in [2.45, 2.75) is 46.8 Å². The maximum Gasteiger partial charge on any atom is 0.412 e. The largest absolute Gasteiger partial charge is 0.489 e. The first-order valence-corrected chi connectivity index (χ1v) is 10.6. The third kappa shape index (κ3) is 6.25. The van der Waals surface area contributed by atoms with E-state index in [-0.39, 0.29) is 0 Å². The molecule has 0 spiro atoms. The van der Waals surface area contributed by atoms with Gasteiger partial charge in [-0.1, -0.05) is 48.0 Å². The summed E-state index contributed by atoms with van der Waals surface area (Å²) in [5.74, 6) is 0.622. The quantitative estimate of drug-likeness (QED) is 0.448. The summed E-state index contributed by atoms with van der Waals surface area (Å²) in [5, 5.41) is 3.04. The SMILES string of the molecule is Cc1cccc(C)c1-c1cccc(COc2ccc(NC(=O)OC(C)(C)C)c(Cl)c2)c1. The van der Waals surface area contributed by atoms with E-state index in [0.717, 1.165) is 5.56 Å². The highest BCUT2D eigenvalue weighted by molar-refractivity contribution is 6.33. The lowest BCUT2D eigenvalue weighted by atomic mass is 9.95. The minimum absolute atomic E-state index is 0.382. The Morgan fingerprint density at radius 1 is 0.968 bits per heavy atom. The Morgan fingerprint density at radius 2 is 1.65 bits per heavy atom. The third-order valence-electron chi connectivity index (χ3n) is 4.68. The second kappa shape index (κ2) is 9.44. The van der Waals surface area contributed by atoms with Gasteiger partial charge in [-0.15, -0.1) is 0 Å². The van der Waals surface area contributed by atoms with Gasteiger partial charge in [-0.2, -0.15) is 0 Å². The topological polar surface area (TPSA) is 47.6 Å². The van der Waals surface area contributed by atoms with Crippen molar-refractivity contribution in [2.24, 2.45) is 0 Å². The summed E-state index contributed by atoms with van der Waals surface area (Å²) in [6.45, 7) is 10.1. The molecule has 0 bridgehead atoms. The molecule has 0 fully saturated rings. The normalized spacial score (nSPS) is 11.2. The molecule has 0 aliphatic carbocycles. The van der Waals surface area contributed by atoms with Crippen LogP contribution in [-0.4, -0.2) is 11.7 Å². The van der Waals surface area contributed by atoms with E-state index in [2.05, 4.69) is 49.5 Å². The van der Waals surface area contributed by atoms with Gasteiger partial charge in [-0.3, -0.25) is 5.32 Å². The van der Waals surface area contributed by atoms with Crippen molar-refractivity contribution in [3.05, 3.63) is 82.4 Å². The third-order valence-corrected chi connectivity index (χ3v) is 4.99. The van der Waals surface area contributed by atoms with Gasteiger partial charge in [0.25, 0.3) is 0 Å². The van der Waals surface area contributed by atoms with Gasteiger partial charge in [-0.25, -0.2) is 4.79 Å². The number of carbonyl (C=O) groups excluding carboxylic acids is 1. The molecule has 4 nitrogen and oxygen atoms in total. The average molecular weight is 438 g/mol. The van der Waals surface area contributed by atoms with E-state index >= 15 is 0 Å². The molecule has 5 heteroatoms. The molecule has 0 aliphatic heterocycles. The zero-order chi connectivity index (χ0) is 22.6. The van der Waals surface area contributed by atoms with Crippen molar-refractivity contribution in [1.29, 1.82) is 0 Å². The second-order valence-corrected chi connectivity index (χ2v) is 8.93. The summed E-state index contributed by atoms with van der Waals surface area (Å²) in [6, 6.07) is 19.8. The molecule has 0 heterocycles. The lowest BCUT2D eigenvalue weighted by molar-refractivity contribution is 0.0636. The van der Waals surface area contributed by atoms with Crippen molar-refractivity contribution in [3.63, 3.8) is 0 Å². The highest BCUT2D eigenvalue weighted by Crippen LogP contribution is 2.30. The molecule has 0 unspecified atom stereocenters. The van der Waals surface area contributed by atoms with Crippen LogP contribution < -0.4 is 10.1 Å². The van der Waals surface area contributed by atoms with Crippen molar-refractivity contribution in [3.8, 4) is 16.9 Å². The molecule has 0 aromatic heterocycles. The van der Waals surface area contributed by atoms with Crippen LogP contribution in [-0.2, 0) is 11.3 Å². The Kier molecular flexibility index (Phi) is 6.91. The lowest BCUT2D eigenvalue weighted by Crippen LogP contribution is -2.27. The van der Waals surface area contributed by atoms with Crippen LogP contribution in [0, 0.1) is 13.8 Å². The molecule has 1 amide bonds. The molecule has 3 aromatic carbocycles. The number of aryl methyl sites for hydroxylation is 2. The molecule has 31 heavy (non-hydrogen) atoms. The summed E-state index contributed by atoms with van der Waals surface area (Å²) in [6.07, 6.45) is -0.550. The molecule has 0 atom stereocenters. The molecular weight excluding hydrogens is 410 g/mol. The zero-order valence-corrected chi connectivity index (χ0v) is 19.3. The molecule has 3 rings (SSSR count). The maximum absolute atomic E-state index is 11.9. The van der Waals surface area contributed by atoms with Crippen LogP contribution >= 0.6 is 11.6 Å². The van der Waals surface area contributed by atoms with Gasteiger partial charge in [0.2, 0.25) is 0 Å². The summed E-state index contributed by atoms with van der Waals surface area (Å²) in [4.78, 5) is 11.9. The monoisotopic (exact) mass is 437 g/mol. The van der Waals surface area contributed by atoms with Gasteiger partial charge < -0.3 is 9.47 Å². The minimum Gasteiger partial charge on any atom is -0.489 e. The number of benzene rings is 3. The number of hydrogen-bond acceptors (Lipinski definition) is 3.